The van der Waals surface area contributed by atoms with Gasteiger partial charge in [0.25, 0.3) is 5.91 Å². The van der Waals surface area contributed by atoms with E-state index in [2.05, 4.69) is 96.4 Å². The molecule has 2 amide bonds. The van der Waals surface area contributed by atoms with Crippen LogP contribution >= 0.6 is 15.9 Å². The van der Waals surface area contributed by atoms with Gasteiger partial charge in [0, 0.05) is 24.4 Å². The molecule has 2 heterocycles. The van der Waals surface area contributed by atoms with Crippen LogP contribution in [-0.4, -0.2) is 104 Å². The molecule has 0 saturated heterocycles. The van der Waals surface area contributed by atoms with E-state index in [-0.39, 0.29) is 59.4 Å². The molecule has 0 unspecified atom stereocenters. The number of esters is 1. The second-order valence-electron chi connectivity index (χ2n) is 25.1. The molecule has 0 fully saturated rings. The van der Waals surface area contributed by atoms with Crippen LogP contribution in [-0.2, 0) is 41.1 Å². The van der Waals surface area contributed by atoms with Crippen molar-refractivity contribution in [3.05, 3.63) is 80.5 Å². The van der Waals surface area contributed by atoms with Crippen molar-refractivity contribution in [1.29, 1.82) is 0 Å². The Kier molecular flexibility index (Phi) is 26.6. The van der Waals surface area contributed by atoms with Gasteiger partial charge in [-0.1, -0.05) is 74.5 Å². The summed E-state index contributed by atoms with van der Waals surface area (Å²) in [4.78, 5) is 75.0. The van der Waals surface area contributed by atoms with Crippen molar-refractivity contribution >= 4 is 96.6 Å². The van der Waals surface area contributed by atoms with Crippen molar-refractivity contribution in [2.75, 3.05) is 6.54 Å². The van der Waals surface area contributed by atoms with Gasteiger partial charge in [0.1, 0.15) is 24.8 Å². The Bertz CT molecular complexity index is 2500. The Morgan fingerprint density at radius 3 is 2.03 bits per heavy atom. The van der Waals surface area contributed by atoms with E-state index in [1.807, 2.05) is 71.6 Å². The number of Topliss-reactive ketones (excluding diaryl/α,β-unsaturated/α-hetero) is 1. The van der Waals surface area contributed by atoms with Gasteiger partial charge in [-0.05, 0) is 68.0 Å². The van der Waals surface area contributed by atoms with E-state index in [4.69, 9.17) is 18.3 Å². The monoisotopic (exact) mass is 1270 g/mol. The van der Waals surface area contributed by atoms with E-state index in [0.29, 0.717) is 28.4 Å². The molecule has 0 saturated carbocycles. The van der Waals surface area contributed by atoms with Crippen molar-refractivity contribution in [2.45, 2.75) is 223 Å². The van der Waals surface area contributed by atoms with Crippen LogP contribution in [0.25, 0.3) is 10.9 Å². The number of carbonyl (C=O) groups excluding carboxylic acids is 5. The van der Waals surface area contributed by atoms with Gasteiger partial charge in [0.15, 0.2) is 14.0 Å². The van der Waals surface area contributed by atoms with Crippen molar-refractivity contribution in [3.63, 3.8) is 0 Å². The standard InChI is InChI=1S/C48H70BrN4O9Si2.3C4H9.Sn/c1-17-24-50-39(55)23-22-31(4)42(30(2)3)60-44(57)37(26-33-29-53(46(58)61-47(6,7)8)38-21-19-18-20-36(33)38)51-43(56)41-45(63(12,13)14)59-40(52-41)28-34(54)27-35(25-32(5)49)62-64(15,16)48(9,10)11;3*1-3-4-2;/h1,17-23,25,29-31,35,37,42H,24,26-28H2,2-16H3,(H,50,55)(H,51,56);3*1,3-4H2,2H3;/b17-1?,23-22+,32-25+;;;;/t31-,35-,37+,42-;;;;/m1..../s1. The van der Waals surface area contributed by atoms with Gasteiger partial charge < -0.3 is 18.9 Å². The summed E-state index contributed by atoms with van der Waals surface area (Å²) < 4.78 is 34.0. The number of hydrogen-bond acceptors (Lipinski definition) is 10. The summed E-state index contributed by atoms with van der Waals surface area (Å²) in [6, 6.07) is 6.03. The average molecular weight is 1270 g/mol. The zero-order chi connectivity index (χ0) is 58.1. The SMILES string of the molecule is CCC[CH2][Sn](/[CH]=C/CNC(=O)/C=C/[C@@H](C)[C@H](OC(=O)[C@H](Cc1cn(C(=O)OC(C)(C)C)c2ccccc12)NC(=O)c1nc(CC(=O)C[C@@H](/C=C(\C)Br)O[Si](C)(C)C(C)(C)C)oc1[Si](C)(C)C)C(C)C)([CH2]CCC)[CH2]CCC. The number of amides is 2. The summed E-state index contributed by atoms with van der Waals surface area (Å²) in [7, 11) is -4.71. The number of ether oxygens (including phenoxy) is 2. The average Bonchev–Trinajstić information content (AvgIpc) is 3.92. The number of nitrogens with one attached hydrogen (secondary N) is 2. The number of benzene rings is 1. The topological polar surface area (TPSA) is 168 Å². The van der Waals surface area contributed by atoms with Gasteiger partial charge in [-0.15, -0.1) is 0 Å². The number of rotatable bonds is 30. The molecule has 13 nitrogen and oxygen atoms in total. The Morgan fingerprint density at radius 1 is 0.896 bits per heavy atom. The fraction of sp³-hybridized carbons (Fsp3) is 0.633. The summed E-state index contributed by atoms with van der Waals surface area (Å²) in [5.74, 6) is -2.23. The van der Waals surface area contributed by atoms with Crippen LogP contribution in [0.3, 0.4) is 0 Å². The van der Waals surface area contributed by atoms with Crippen molar-refractivity contribution in [3.8, 4) is 0 Å². The molecule has 1 aromatic carbocycles. The van der Waals surface area contributed by atoms with Gasteiger partial charge in [-0.2, -0.15) is 0 Å². The maximum absolute atomic E-state index is 14.8. The van der Waals surface area contributed by atoms with E-state index in [1.165, 1.54) is 62.5 Å². The fourth-order valence-electron chi connectivity index (χ4n) is 9.18. The molecule has 0 radical (unpaired) electrons. The number of oxazole rings is 1. The molecule has 4 atom stereocenters. The minimum atomic E-state index is -2.50. The summed E-state index contributed by atoms with van der Waals surface area (Å²) in [5, 5.41) is 7.01. The number of halogens is 1. The summed E-state index contributed by atoms with van der Waals surface area (Å²) in [6.45, 7) is 37.1. The van der Waals surface area contributed by atoms with E-state index in [1.54, 1.807) is 39.1 Å². The third-order valence-corrected chi connectivity index (χ3v) is 35.1. The first-order valence-corrected chi connectivity index (χ1v) is 43.2. The van der Waals surface area contributed by atoms with Crippen molar-refractivity contribution in [2.24, 2.45) is 11.8 Å². The normalized spacial score (nSPS) is 14.8. The van der Waals surface area contributed by atoms with Gasteiger partial charge in [-0.3, -0.25) is 14.2 Å². The molecule has 3 rings (SSSR count). The maximum atomic E-state index is 14.8. The van der Waals surface area contributed by atoms with Crippen LogP contribution in [0.2, 0.25) is 51.1 Å². The summed E-state index contributed by atoms with van der Waals surface area (Å²) >= 11 is 1.03. The molecule has 0 aliphatic rings. The Balaban J connectivity index is 2.01. The van der Waals surface area contributed by atoms with E-state index in [0.717, 1.165) is 4.48 Å². The second kappa shape index (κ2) is 30.3. The second-order valence-corrected chi connectivity index (χ2v) is 49.0. The van der Waals surface area contributed by atoms with Gasteiger partial charge in [-0.25, -0.2) is 9.78 Å². The first-order chi connectivity index (χ1) is 35.8. The number of aromatic nitrogens is 2. The number of hydrogen-bond donors (Lipinski definition) is 2. The van der Waals surface area contributed by atoms with E-state index in [9.17, 15) is 24.0 Å². The van der Waals surface area contributed by atoms with Crippen LogP contribution in [0.4, 0.5) is 4.79 Å². The molecule has 17 heteroatoms. The molecular formula is C60H97BrN4O9Si2Sn. The zero-order valence-corrected chi connectivity index (χ0v) is 56.7. The third kappa shape index (κ3) is 21.8. The van der Waals surface area contributed by atoms with Crippen LogP contribution in [0.5, 0.6) is 0 Å². The summed E-state index contributed by atoms with van der Waals surface area (Å²) in [5.41, 5.74) is 0.387. The van der Waals surface area contributed by atoms with E-state index >= 15 is 0 Å². The number of allylic oxidation sites excluding steroid dienone is 1. The number of fused-ring (bicyclic) bond motifs is 1. The predicted molar refractivity (Wildman–Crippen MR) is 326 cm³/mol. The molecule has 77 heavy (non-hydrogen) atoms. The van der Waals surface area contributed by atoms with Crippen LogP contribution in [0.15, 0.2) is 67.8 Å². The molecule has 0 spiro atoms. The zero-order valence-electron chi connectivity index (χ0n) is 50.3. The molecule has 0 bridgehead atoms. The van der Waals surface area contributed by atoms with Crippen LogP contribution in [0.1, 0.15) is 157 Å². The summed E-state index contributed by atoms with van der Waals surface area (Å²) in [6.07, 6.45) is 14.5. The molecule has 2 N–H and O–H groups in total. The molecule has 2 aromatic heterocycles. The van der Waals surface area contributed by atoms with Gasteiger partial charge in [0.05, 0.1) is 18.0 Å². The van der Waals surface area contributed by atoms with Crippen molar-refractivity contribution < 1.29 is 42.3 Å². The molecular weight excluding hydrogens is 1180 g/mol. The number of ketones is 1. The predicted octanol–water partition coefficient (Wildman–Crippen LogP) is 14.3. The van der Waals surface area contributed by atoms with Gasteiger partial charge >= 0.3 is 202 Å². The first-order valence-electron chi connectivity index (χ1n) is 28.3. The number of para-hydroxylation sites is 1. The van der Waals surface area contributed by atoms with E-state index < -0.39 is 76.6 Å². The fourth-order valence-corrected chi connectivity index (χ4v) is 26.4. The van der Waals surface area contributed by atoms with Crippen molar-refractivity contribution in [1.82, 2.24) is 20.2 Å². The Morgan fingerprint density at radius 2 is 1.49 bits per heavy atom. The minimum absolute atomic E-state index is 0.000835. The van der Waals surface area contributed by atoms with Gasteiger partial charge in [0.2, 0.25) is 5.89 Å². The van der Waals surface area contributed by atoms with Crippen LogP contribution in [0, 0.1) is 11.8 Å². The Labute approximate surface area is 477 Å². The quantitative estimate of drug-likeness (QED) is 0.0372. The molecule has 3 aromatic rings. The third-order valence-electron chi connectivity index (χ3n) is 14.3. The molecule has 430 valence electrons. The first kappa shape index (κ1) is 67.7. The Hall–Kier alpha value is -3.59. The number of carbonyl (C=O) groups is 5. The number of unbranched alkanes of at least 4 members (excludes halogenated alkanes) is 3. The van der Waals surface area contributed by atoms with Crippen LogP contribution < -0.4 is 16.0 Å². The molecule has 0 aliphatic heterocycles. The number of nitrogens with zero attached hydrogens (tertiary/aromatic N) is 2. The molecule has 0 aliphatic carbocycles.